The molecule has 2 rings (SSSR count). The predicted molar refractivity (Wildman–Crippen MR) is 63.8 cm³/mol. The highest BCUT2D eigenvalue weighted by Crippen LogP contribution is 2.22. The molecule has 2 nitrogen and oxygen atoms in total. The highest BCUT2D eigenvalue weighted by molar-refractivity contribution is 6.30. The molecule has 1 heterocycles. The fraction of sp³-hybridized carbons (Fsp3) is 0.308. The second-order valence-electron chi connectivity index (χ2n) is 4.09. The van der Waals surface area contributed by atoms with E-state index in [0.29, 0.717) is 19.5 Å². The Balaban J connectivity index is 2.09. The van der Waals surface area contributed by atoms with Crippen LogP contribution in [0, 0.1) is 24.1 Å². The number of likely N-dealkylation sites (tertiary alicyclic amines) is 1. The van der Waals surface area contributed by atoms with Crippen LogP contribution in [0.5, 0.6) is 0 Å². The molecule has 0 N–H and O–H groups in total. The molecule has 88 valence electrons. The van der Waals surface area contributed by atoms with Gasteiger partial charge in [0.2, 0.25) is 5.91 Å². The molecule has 1 aromatic carbocycles. The summed E-state index contributed by atoms with van der Waals surface area (Å²) in [4.78, 5) is 13.3. The first-order valence-electron chi connectivity index (χ1n) is 5.28. The van der Waals surface area contributed by atoms with Crippen LogP contribution in [0.15, 0.2) is 18.2 Å². The normalized spacial score (nSPS) is 19.5. The van der Waals surface area contributed by atoms with Crippen molar-refractivity contribution in [3.8, 4) is 12.3 Å². The highest BCUT2D eigenvalue weighted by Gasteiger charge is 2.28. The van der Waals surface area contributed by atoms with Crippen molar-refractivity contribution in [2.75, 3.05) is 6.54 Å². The smallest absolute Gasteiger partial charge is 0.224 e. The van der Waals surface area contributed by atoms with E-state index in [4.69, 9.17) is 18.0 Å². The van der Waals surface area contributed by atoms with Crippen LogP contribution in [-0.4, -0.2) is 17.4 Å². The molecule has 0 aliphatic carbocycles. The first-order chi connectivity index (χ1) is 8.10. The molecule has 1 saturated heterocycles. The Morgan fingerprint density at radius 3 is 2.94 bits per heavy atom. The number of rotatable bonds is 2. The van der Waals surface area contributed by atoms with Crippen molar-refractivity contribution in [1.29, 1.82) is 0 Å². The number of carbonyl (C=O) groups excluding carboxylic acids is 1. The van der Waals surface area contributed by atoms with Crippen molar-refractivity contribution in [3.05, 3.63) is 34.6 Å². The first-order valence-corrected chi connectivity index (χ1v) is 5.66. The van der Waals surface area contributed by atoms with Gasteiger partial charge in [0.1, 0.15) is 5.82 Å². The second-order valence-corrected chi connectivity index (χ2v) is 4.50. The van der Waals surface area contributed by atoms with E-state index in [1.165, 1.54) is 12.1 Å². The zero-order chi connectivity index (χ0) is 12.4. The second kappa shape index (κ2) is 4.77. The minimum absolute atomic E-state index is 0.0154. The van der Waals surface area contributed by atoms with Gasteiger partial charge in [-0.05, 0) is 17.7 Å². The summed E-state index contributed by atoms with van der Waals surface area (Å²) in [6.07, 6.45) is 5.69. The van der Waals surface area contributed by atoms with Crippen molar-refractivity contribution in [3.63, 3.8) is 0 Å². The lowest BCUT2D eigenvalue weighted by Crippen LogP contribution is -2.24. The van der Waals surface area contributed by atoms with Crippen LogP contribution in [0.2, 0.25) is 5.02 Å². The summed E-state index contributed by atoms with van der Waals surface area (Å²) in [5.74, 6) is 2.15. The van der Waals surface area contributed by atoms with Crippen LogP contribution in [0.3, 0.4) is 0 Å². The minimum Gasteiger partial charge on any atom is -0.337 e. The Morgan fingerprint density at radius 1 is 1.59 bits per heavy atom. The molecule has 0 spiro atoms. The van der Waals surface area contributed by atoms with Gasteiger partial charge in [-0.3, -0.25) is 4.79 Å². The zero-order valence-corrected chi connectivity index (χ0v) is 9.88. The maximum Gasteiger partial charge on any atom is 0.224 e. The molecule has 1 unspecified atom stereocenters. The SMILES string of the molecule is C#CC1CC(=O)N(Cc2ccc(F)c(Cl)c2)C1. The maximum absolute atomic E-state index is 13.0. The Kier molecular flexibility index (Phi) is 3.35. The molecule has 4 heteroatoms. The van der Waals surface area contributed by atoms with E-state index < -0.39 is 5.82 Å². The van der Waals surface area contributed by atoms with E-state index in [0.717, 1.165) is 5.56 Å². The molecule has 1 aliphatic rings. The van der Waals surface area contributed by atoms with Gasteiger partial charge in [0, 0.05) is 25.4 Å². The summed E-state index contributed by atoms with van der Waals surface area (Å²) in [5.41, 5.74) is 0.808. The molecule has 0 radical (unpaired) electrons. The van der Waals surface area contributed by atoms with Crippen LogP contribution in [-0.2, 0) is 11.3 Å². The highest BCUT2D eigenvalue weighted by atomic mass is 35.5. The monoisotopic (exact) mass is 251 g/mol. The molecular formula is C13H11ClFNO. The van der Waals surface area contributed by atoms with Gasteiger partial charge in [-0.1, -0.05) is 17.7 Å². The van der Waals surface area contributed by atoms with Crippen molar-refractivity contribution < 1.29 is 9.18 Å². The third kappa shape index (κ3) is 2.59. The van der Waals surface area contributed by atoms with Crippen LogP contribution >= 0.6 is 11.6 Å². The standard InChI is InChI=1S/C13H11ClFNO/c1-2-9-6-13(17)16(7-9)8-10-3-4-12(15)11(14)5-10/h1,3-5,9H,6-8H2. The Hall–Kier alpha value is -1.53. The Bertz CT molecular complexity index is 495. The molecule has 0 saturated carbocycles. The summed E-state index contributed by atoms with van der Waals surface area (Å²) in [6, 6.07) is 4.46. The number of amides is 1. The van der Waals surface area contributed by atoms with Crippen molar-refractivity contribution in [2.45, 2.75) is 13.0 Å². The quantitative estimate of drug-likeness (QED) is 0.740. The molecule has 1 fully saturated rings. The lowest BCUT2D eigenvalue weighted by molar-refractivity contribution is -0.128. The van der Waals surface area contributed by atoms with E-state index >= 15 is 0 Å². The zero-order valence-electron chi connectivity index (χ0n) is 9.12. The number of halogens is 2. The molecular weight excluding hydrogens is 241 g/mol. The number of terminal acetylenes is 1. The topological polar surface area (TPSA) is 20.3 Å². The van der Waals surface area contributed by atoms with Gasteiger partial charge in [0.05, 0.1) is 5.02 Å². The summed E-state index contributed by atoms with van der Waals surface area (Å²) >= 11 is 5.68. The minimum atomic E-state index is -0.454. The van der Waals surface area contributed by atoms with Gasteiger partial charge in [-0.25, -0.2) is 4.39 Å². The average Bonchev–Trinajstić information content (AvgIpc) is 2.65. The van der Waals surface area contributed by atoms with Gasteiger partial charge in [0.25, 0.3) is 0 Å². The fourth-order valence-electron chi connectivity index (χ4n) is 1.90. The Morgan fingerprint density at radius 2 is 2.35 bits per heavy atom. The van der Waals surface area contributed by atoms with E-state index in [-0.39, 0.29) is 16.8 Å². The molecule has 17 heavy (non-hydrogen) atoms. The summed E-state index contributed by atoms with van der Waals surface area (Å²) in [5, 5.41) is 0.0719. The van der Waals surface area contributed by atoms with Gasteiger partial charge >= 0.3 is 0 Å². The number of hydrogen-bond acceptors (Lipinski definition) is 1. The van der Waals surface area contributed by atoms with Crippen molar-refractivity contribution in [1.82, 2.24) is 4.90 Å². The maximum atomic E-state index is 13.0. The van der Waals surface area contributed by atoms with E-state index in [2.05, 4.69) is 5.92 Å². The number of carbonyl (C=O) groups is 1. The first kappa shape index (κ1) is 11.9. The van der Waals surface area contributed by atoms with Gasteiger partial charge in [-0.2, -0.15) is 0 Å². The molecule has 0 aromatic heterocycles. The number of hydrogen-bond donors (Lipinski definition) is 0. The van der Waals surface area contributed by atoms with Crippen molar-refractivity contribution >= 4 is 17.5 Å². The number of benzene rings is 1. The average molecular weight is 252 g/mol. The third-order valence-electron chi connectivity index (χ3n) is 2.81. The molecule has 1 aliphatic heterocycles. The van der Waals surface area contributed by atoms with Crippen LogP contribution in [0.1, 0.15) is 12.0 Å². The molecule has 1 atom stereocenters. The van der Waals surface area contributed by atoms with Gasteiger partial charge < -0.3 is 4.90 Å². The van der Waals surface area contributed by atoms with Crippen LogP contribution < -0.4 is 0 Å². The summed E-state index contributed by atoms with van der Waals surface area (Å²) < 4.78 is 13.0. The predicted octanol–water partition coefficient (Wildman–Crippen LogP) is 2.46. The summed E-state index contributed by atoms with van der Waals surface area (Å²) in [6.45, 7) is 0.987. The van der Waals surface area contributed by atoms with Crippen LogP contribution in [0.4, 0.5) is 4.39 Å². The van der Waals surface area contributed by atoms with E-state index in [1.807, 2.05) is 0 Å². The molecule has 1 amide bonds. The van der Waals surface area contributed by atoms with Gasteiger partial charge in [-0.15, -0.1) is 12.3 Å². The third-order valence-corrected chi connectivity index (χ3v) is 3.10. The fourth-order valence-corrected chi connectivity index (χ4v) is 2.10. The largest absolute Gasteiger partial charge is 0.337 e. The Labute approximate surface area is 104 Å². The lowest BCUT2D eigenvalue weighted by atomic mass is 10.1. The summed E-state index contributed by atoms with van der Waals surface area (Å²) in [7, 11) is 0. The molecule has 0 bridgehead atoms. The van der Waals surface area contributed by atoms with Crippen molar-refractivity contribution in [2.24, 2.45) is 5.92 Å². The van der Waals surface area contributed by atoms with Crippen LogP contribution in [0.25, 0.3) is 0 Å². The van der Waals surface area contributed by atoms with Gasteiger partial charge in [0.15, 0.2) is 0 Å². The van der Waals surface area contributed by atoms with E-state index in [1.54, 1.807) is 11.0 Å². The molecule has 1 aromatic rings. The van der Waals surface area contributed by atoms with E-state index in [9.17, 15) is 9.18 Å². The lowest BCUT2D eigenvalue weighted by Gasteiger charge is -2.16. The number of nitrogens with zero attached hydrogens (tertiary/aromatic N) is 1.